The van der Waals surface area contributed by atoms with Gasteiger partial charge >= 0.3 is 0 Å². The molecule has 1 N–H and O–H groups in total. The molecule has 8 heteroatoms. The summed E-state index contributed by atoms with van der Waals surface area (Å²) in [6.07, 6.45) is 4.44. The quantitative estimate of drug-likeness (QED) is 0.641. The number of hydrogen-bond acceptors (Lipinski definition) is 5. The Labute approximate surface area is 162 Å². The van der Waals surface area contributed by atoms with Crippen LogP contribution in [0.3, 0.4) is 0 Å². The molecule has 27 heavy (non-hydrogen) atoms. The van der Waals surface area contributed by atoms with Gasteiger partial charge in [-0.15, -0.1) is 0 Å². The van der Waals surface area contributed by atoms with E-state index in [9.17, 15) is 4.79 Å². The molecule has 1 aromatic carbocycles. The molecule has 0 bridgehead atoms. The number of aryl methyl sites for hydroxylation is 2. The van der Waals surface area contributed by atoms with Crippen LogP contribution in [0.25, 0.3) is 11.4 Å². The average Bonchev–Trinajstić information content (AvgIpc) is 3.28. The molecule has 2 aromatic heterocycles. The number of nitrogens with one attached hydrogen (secondary N) is 1. The van der Waals surface area contributed by atoms with Crippen LogP contribution in [0, 0.1) is 12.8 Å². The standard InChI is InChI=1S/C19H22ClN5O2/c1-13(12-25-10-9-21-14(25)2)11-22-17(26)7-8-18-23-19(24-27-18)15-3-5-16(20)6-4-15/h3-6,9-10,13H,7-8,11-12H2,1-2H3,(H,22,26). The number of amides is 1. The molecule has 0 saturated heterocycles. The van der Waals surface area contributed by atoms with Crippen molar-refractivity contribution in [3.63, 3.8) is 0 Å². The van der Waals surface area contributed by atoms with Crippen molar-refractivity contribution >= 4 is 17.5 Å². The summed E-state index contributed by atoms with van der Waals surface area (Å²) in [7, 11) is 0. The maximum atomic E-state index is 12.1. The highest BCUT2D eigenvalue weighted by molar-refractivity contribution is 6.30. The summed E-state index contributed by atoms with van der Waals surface area (Å²) < 4.78 is 7.30. The largest absolute Gasteiger partial charge is 0.356 e. The summed E-state index contributed by atoms with van der Waals surface area (Å²) >= 11 is 5.87. The molecular weight excluding hydrogens is 366 g/mol. The summed E-state index contributed by atoms with van der Waals surface area (Å²) in [6, 6.07) is 7.19. The van der Waals surface area contributed by atoms with Crippen LogP contribution in [-0.2, 0) is 17.8 Å². The van der Waals surface area contributed by atoms with E-state index >= 15 is 0 Å². The number of imidazole rings is 1. The number of aromatic nitrogens is 4. The van der Waals surface area contributed by atoms with E-state index in [1.54, 1.807) is 18.3 Å². The Kier molecular flexibility index (Phi) is 6.24. The third-order valence-corrected chi connectivity index (χ3v) is 4.47. The van der Waals surface area contributed by atoms with Gasteiger partial charge in [-0.3, -0.25) is 4.79 Å². The Balaban J connectivity index is 1.43. The summed E-state index contributed by atoms with van der Waals surface area (Å²) in [5.74, 6) is 2.18. The van der Waals surface area contributed by atoms with Crippen LogP contribution in [0.4, 0.5) is 0 Å². The predicted molar refractivity (Wildman–Crippen MR) is 102 cm³/mol. The molecule has 3 aromatic rings. The zero-order chi connectivity index (χ0) is 19.2. The summed E-state index contributed by atoms with van der Waals surface area (Å²) in [5, 5.41) is 7.55. The van der Waals surface area contributed by atoms with E-state index in [2.05, 4.69) is 31.9 Å². The van der Waals surface area contributed by atoms with Crippen LogP contribution in [0.15, 0.2) is 41.2 Å². The highest BCUT2D eigenvalue weighted by Crippen LogP contribution is 2.19. The van der Waals surface area contributed by atoms with Crippen molar-refractivity contribution < 1.29 is 9.32 Å². The van der Waals surface area contributed by atoms with Crippen LogP contribution in [0.1, 0.15) is 25.1 Å². The Morgan fingerprint density at radius 3 is 2.81 bits per heavy atom. The predicted octanol–water partition coefficient (Wildman–Crippen LogP) is 3.28. The second kappa shape index (κ2) is 8.81. The van der Waals surface area contributed by atoms with Crippen molar-refractivity contribution in [2.24, 2.45) is 5.92 Å². The first-order valence-electron chi connectivity index (χ1n) is 8.84. The fourth-order valence-electron chi connectivity index (χ4n) is 2.67. The zero-order valence-electron chi connectivity index (χ0n) is 15.4. The number of benzene rings is 1. The molecular formula is C19H22ClN5O2. The normalized spacial score (nSPS) is 12.1. The van der Waals surface area contributed by atoms with Gasteiger partial charge in [-0.25, -0.2) is 4.98 Å². The first kappa shape index (κ1) is 19.1. The van der Waals surface area contributed by atoms with Crippen molar-refractivity contribution in [3.8, 4) is 11.4 Å². The Hall–Kier alpha value is -2.67. The van der Waals surface area contributed by atoms with Crippen LogP contribution in [0.5, 0.6) is 0 Å². The minimum atomic E-state index is -0.0320. The minimum absolute atomic E-state index is 0.0320. The van der Waals surface area contributed by atoms with Gasteiger partial charge in [-0.05, 0) is 37.1 Å². The Morgan fingerprint density at radius 1 is 1.33 bits per heavy atom. The fourth-order valence-corrected chi connectivity index (χ4v) is 2.79. The molecule has 1 atom stereocenters. The highest BCUT2D eigenvalue weighted by Gasteiger charge is 2.12. The Bertz CT molecular complexity index is 888. The maximum absolute atomic E-state index is 12.1. The SMILES string of the molecule is Cc1nccn1CC(C)CNC(=O)CCc1nc(-c2ccc(Cl)cc2)no1. The van der Waals surface area contributed by atoms with Crippen LogP contribution < -0.4 is 5.32 Å². The molecule has 0 spiro atoms. The fraction of sp³-hybridized carbons (Fsp3) is 0.368. The third kappa shape index (κ3) is 5.40. The summed E-state index contributed by atoms with van der Waals surface area (Å²) in [6.45, 7) is 5.49. The van der Waals surface area contributed by atoms with Gasteiger partial charge in [0.2, 0.25) is 17.6 Å². The molecule has 142 valence electrons. The monoisotopic (exact) mass is 387 g/mol. The molecule has 3 rings (SSSR count). The van der Waals surface area contributed by atoms with Crippen molar-refractivity contribution in [1.29, 1.82) is 0 Å². The van der Waals surface area contributed by atoms with Gasteiger partial charge in [-0.2, -0.15) is 4.98 Å². The lowest BCUT2D eigenvalue weighted by atomic mass is 10.1. The van der Waals surface area contributed by atoms with Gasteiger partial charge in [0, 0.05) is 48.9 Å². The van der Waals surface area contributed by atoms with E-state index in [1.807, 2.05) is 25.3 Å². The first-order chi connectivity index (χ1) is 13.0. The van der Waals surface area contributed by atoms with E-state index in [0.29, 0.717) is 42.0 Å². The topological polar surface area (TPSA) is 85.8 Å². The van der Waals surface area contributed by atoms with E-state index in [4.69, 9.17) is 16.1 Å². The van der Waals surface area contributed by atoms with Crippen LogP contribution in [-0.4, -0.2) is 32.1 Å². The highest BCUT2D eigenvalue weighted by atomic mass is 35.5. The minimum Gasteiger partial charge on any atom is -0.356 e. The number of carbonyl (C=O) groups excluding carboxylic acids is 1. The van der Waals surface area contributed by atoms with Crippen molar-refractivity contribution in [2.45, 2.75) is 33.2 Å². The number of halogens is 1. The molecule has 1 amide bonds. The molecule has 0 radical (unpaired) electrons. The molecule has 0 aliphatic rings. The molecule has 7 nitrogen and oxygen atoms in total. The van der Waals surface area contributed by atoms with E-state index < -0.39 is 0 Å². The maximum Gasteiger partial charge on any atom is 0.227 e. The molecule has 2 heterocycles. The van der Waals surface area contributed by atoms with Gasteiger partial charge in [0.15, 0.2) is 0 Å². The van der Waals surface area contributed by atoms with E-state index in [-0.39, 0.29) is 5.91 Å². The smallest absolute Gasteiger partial charge is 0.227 e. The lowest BCUT2D eigenvalue weighted by molar-refractivity contribution is -0.121. The van der Waals surface area contributed by atoms with Crippen molar-refractivity contribution in [2.75, 3.05) is 6.54 Å². The summed E-state index contributed by atoms with van der Waals surface area (Å²) in [4.78, 5) is 20.6. The van der Waals surface area contributed by atoms with Gasteiger partial charge in [0.25, 0.3) is 0 Å². The molecule has 0 fully saturated rings. The average molecular weight is 388 g/mol. The van der Waals surface area contributed by atoms with Gasteiger partial charge in [0.05, 0.1) is 0 Å². The lowest BCUT2D eigenvalue weighted by Crippen LogP contribution is -2.30. The van der Waals surface area contributed by atoms with E-state index in [0.717, 1.165) is 17.9 Å². The third-order valence-electron chi connectivity index (χ3n) is 4.22. The van der Waals surface area contributed by atoms with Gasteiger partial charge in [0.1, 0.15) is 5.82 Å². The number of rotatable bonds is 8. The lowest BCUT2D eigenvalue weighted by Gasteiger charge is -2.14. The molecule has 0 aliphatic heterocycles. The van der Waals surface area contributed by atoms with Crippen LogP contribution in [0.2, 0.25) is 5.02 Å². The van der Waals surface area contributed by atoms with Crippen molar-refractivity contribution in [1.82, 2.24) is 25.0 Å². The van der Waals surface area contributed by atoms with Gasteiger partial charge in [-0.1, -0.05) is 23.7 Å². The van der Waals surface area contributed by atoms with Gasteiger partial charge < -0.3 is 14.4 Å². The zero-order valence-corrected chi connectivity index (χ0v) is 16.1. The second-order valence-electron chi connectivity index (χ2n) is 6.55. The van der Waals surface area contributed by atoms with Crippen LogP contribution >= 0.6 is 11.6 Å². The number of carbonyl (C=O) groups is 1. The Morgan fingerprint density at radius 2 is 2.11 bits per heavy atom. The summed E-state index contributed by atoms with van der Waals surface area (Å²) in [5.41, 5.74) is 0.822. The number of hydrogen-bond donors (Lipinski definition) is 1. The molecule has 1 unspecified atom stereocenters. The molecule has 0 aliphatic carbocycles. The van der Waals surface area contributed by atoms with Crippen molar-refractivity contribution in [3.05, 3.63) is 53.4 Å². The number of nitrogens with zero attached hydrogens (tertiary/aromatic N) is 4. The second-order valence-corrected chi connectivity index (χ2v) is 6.99. The van der Waals surface area contributed by atoms with E-state index in [1.165, 1.54) is 0 Å². The molecule has 0 saturated carbocycles. The first-order valence-corrected chi connectivity index (χ1v) is 9.22.